The highest BCUT2D eigenvalue weighted by Gasteiger charge is 2.42. The third-order valence-corrected chi connectivity index (χ3v) is 2.65. The van der Waals surface area contributed by atoms with E-state index in [-0.39, 0.29) is 5.75 Å². The van der Waals surface area contributed by atoms with Crippen LogP contribution in [-0.2, 0) is 4.79 Å². The van der Waals surface area contributed by atoms with Gasteiger partial charge in [-0.25, -0.2) is 4.79 Å². The molecule has 0 saturated heterocycles. The standard InChI is InChI=1S/C12H7ClF2O3/c13-9-5-6-10(18-12(14,15)11(16)17)8-4-2-1-3-7(8)9/h1-6H,(H,16,17). The van der Waals surface area contributed by atoms with Crippen LogP contribution in [0.1, 0.15) is 0 Å². The Morgan fingerprint density at radius 2 is 1.78 bits per heavy atom. The minimum absolute atomic E-state index is 0.234. The predicted octanol–water partition coefficient (Wildman–Crippen LogP) is 3.55. The Morgan fingerprint density at radius 1 is 1.17 bits per heavy atom. The van der Waals surface area contributed by atoms with Crippen molar-refractivity contribution in [3.63, 3.8) is 0 Å². The molecular weight excluding hydrogens is 266 g/mol. The molecule has 0 fully saturated rings. The number of hydrogen-bond donors (Lipinski definition) is 1. The average molecular weight is 273 g/mol. The minimum Gasteiger partial charge on any atom is -0.474 e. The lowest BCUT2D eigenvalue weighted by atomic mass is 10.1. The fourth-order valence-corrected chi connectivity index (χ4v) is 1.73. The Bertz CT molecular complexity index is 613. The largest absolute Gasteiger partial charge is 0.501 e. The van der Waals surface area contributed by atoms with Gasteiger partial charge in [0, 0.05) is 15.8 Å². The molecule has 2 aromatic carbocycles. The van der Waals surface area contributed by atoms with Gasteiger partial charge in [0.05, 0.1) is 0 Å². The highest BCUT2D eigenvalue weighted by molar-refractivity contribution is 6.35. The summed E-state index contributed by atoms with van der Waals surface area (Å²) in [5.74, 6) is -2.58. The molecule has 0 aliphatic rings. The lowest BCUT2D eigenvalue weighted by Crippen LogP contribution is -2.34. The summed E-state index contributed by atoms with van der Waals surface area (Å²) in [6.45, 7) is 0. The molecule has 0 amide bonds. The lowest BCUT2D eigenvalue weighted by Gasteiger charge is -2.15. The zero-order chi connectivity index (χ0) is 13.3. The maximum Gasteiger partial charge on any atom is 0.501 e. The second-order valence-electron chi connectivity index (χ2n) is 3.52. The number of fused-ring (bicyclic) bond motifs is 1. The Labute approximate surface area is 106 Å². The number of ether oxygens (including phenoxy) is 1. The number of alkyl halides is 2. The molecule has 3 nitrogen and oxygen atoms in total. The fourth-order valence-electron chi connectivity index (χ4n) is 1.51. The number of benzene rings is 2. The number of aliphatic carboxylic acids is 1. The molecule has 6 heteroatoms. The van der Waals surface area contributed by atoms with Crippen LogP contribution in [0.25, 0.3) is 10.8 Å². The highest BCUT2D eigenvalue weighted by Crippen LogP contribution is 2.33. The maximum atomic E-state index is 13.0. The van der Waals surface area contributed by atoms with Crippen LogP contribution in [-0.4, -0.2) is 17.2 Å². The summed E-state index contributed by atoms with van der Waals surface area (Å²) in [4.78, 5) is 10.3. The summed E-state index contributed by atoms with van der Waals surface area (Å²) < 4.78 is 30.3. The van der Waals surface area contributed by atoms with Gasteiger partial charge in [0.25, 0.3) is 0 Å². The van der Waals surface area contributed by atoms with Gasteiger partial charge in [-0.3, -0.25) is 0 Å². The molecule has 0 aromatic heterocycles. The van der Waals surface area contributed by atoms with E-state index in [0.29, 0.717) is 15.8 Å². The molecular formula is C12H7ClF2O3. The average Bonchev–Trinajstić information content (AvgIpc) is 2.33. The molecule has 0 heterocycles. The minimum atomic E-state index is -4.28. The van der Waals surface area contributed by atoms with E-state index in [1.807, 2.05) is 0 Å². The van der Waals surface area contributed by atoms with E-state index < -0.39 is 12.1 Å². The Morgan fingerprint density at radius 3 is 2.39 bits per heavy atom. The van der Waals surface area contributed by atoms with Crippen molar-refractivity contribution < 1.29 is 23.4 Å². The molecule has 0 bridgehead atoms. The summed E-state index contributed by atoms with van der Waals surface area (Å²) in [6.07, 6.45) is -4.28. The smallest absolute Gasteiger partial charge is 0.474 e. The molecule has 0 aliphatic heterocycles. The van der Waals surface area contributed by atoms with Crippen molar-refractivity contribution in [2.75, 3.05) is 0 Å². The van der Waals surface area contributed by atoms with Crippen LogP contribution in [0.4, 0.5) is 8.78 Å². The van der Waals surface area contributed by atoms with Crippen molar-refractivity contribution in [1.29, 1.82) is 0 Å². The molecule has 0 spiro atoms. The number of halogens is 3. The fraction of sp³-hybridized carbons (Fsp3) is 0.0833. The van der Waals surface area contributed by atoms with Gasteiger partial charge in [0.2, 0.25) is 0 Å². The first-order chi connectivity index (χ1) is 8.42. The highest BCUT2D eigenvalue weighted by atomic mass is 35.5. The zero-order valence-electron chi connectivity index (χ0n) is 8.86. The SMILES string of the molecule is O=C(O)C(F)(F)Oc1ccc(Cl)c2ccccc12. The van der Waals surface area contributed by atoms with Crippen molar-refractivity contribution in [2.45, 2.75) is 6.11 Å². The van der Waals surface area contributed by atoms with Crippen LogP contribution in [0.2, 0.25) is 5.02 Å². The molecule has 0 saturated carbocycles. The quantitative estimate of drug-likeness (QED) is 0.929. The van der Waals surface area contributed by atoms with Crippen LogP contribution in [0, 0.1) is 0 Å². The first-order valence-electron chi connectivity index (χ1n) is 4.89. The molecule has 0 unspecified atom stereocenters. The van der Waals surface area contributed by atoms with Crippen LogP contribution in [0.15, 0.2) is 36.4 Å². The van der Waals surface area contributed by atoms with Crippen molar-refractivity contribution in [3.8, 4) is 5.75 Å². The van der Waals surface area contributed by atoms with Gasteiger partial charge >= 0.3 is 12.1 Å². The molecule has 2 aromatic rings. The number of rotatable bonds is 3. The summed E-state index contributed by atoms with van der Waals surface area (Å²) >= 11 is 5.90. The number of carbonyl (C=O) groups is 1. The van der Waals surface area contributed by atoms with Gasteiger partial charge in [0.1, 0.15) is 5.75 Å². The van der Waals surface area contributed by atoms with Crippen molar-refractivity contribution in [2.24, 2.45) is 0 Å². The second kappa shape index (κ2) is 4.42. The monoisotopic (exact) mass is 272 g/mol. The molecule has 0 aliphatic carbocycles. The van der Waals surface area contributed by atoms with Crippen molar-refractivity contribution in [1.82, 2.24) is 0 Å². The van der Waals surface area contributed by atoms with E-state index in [2.05, 4.69) is 4.74 Å². The van der Waals surface area contributed by atoms with E-state index in [1.54, 1.807) is 18.2 Å². The maximum absolute atomic E-state index is 13.0. The summed E-state index contributed by atoms with van der Waals surface area (Å²) in [5.41, 5.74) is 0. The molecule has 1 N–H and O–H groups in total. The van der Waals surface area contributed by atoms with Gasteiger partial charge in [0.15, 0.2) is 0 Å². The van der Waals surface area contributed by atoms with Crippen LogP contribution in [0.3, 0.4) is 0 Å². The molecule has 94 valence electrons. The Balaban J connectivity index is 2.53. The number of hydrogen-bond acceptors (Lipinski definition) is 2. The van der Waals surface area contributed by atoms with Crippen LogP contribution < -0.4 is 4.74 Å². The van der Waals surface area contributed by atoms with Crippen LogP contribution in [0.5, 0.6) is 5.75 Å². The van der Waals surface area contributed by atoms with E-state index in [0.717, 1.165) is 0 Å². The second-order valence-corrected chi connectivity index (χ2v) is 3.92. The first-order valence-corrected chi connectivity index (χ1v) is 5.27. The zero-order valence-corrected chi connectivity index (χ0v) is 9.62. The Hall–Kier alpha value is -1.88. The van der Waals surface area contributed by atoms with Crippen LogP contribution >= 0.6 is 11.6 Å². The predicted molar refractivity (Wildman–Crippen MR) is 62.2 cm³/mol. The topological polar surface area (TPSA) is 46.5 Å². The molecule has 18 heavy (non-hydrogen) atoms. The Kier molecular flexibility index (Phi) is 3.09. The van der Waals surface area contributed by atoms with E-state index >= 15 is 0 Å². The van der Waals surface area contributed by atoms with E-state index in [4.69, 9.17) is 16.7 Å². The third-order valence-electron chi connectivity index (χ3n) is 2.32. The van der Waals surface area contributed by atoms with Gasteiger partial charge in [-0.15, -0.1) is 0 Å². The lowest BCUT2D eigenvalue weighted by molar-refractivity contribution is -0.210. The summed E-state index contributed by atoms with van der Waals surface area (Å²) in [6, 6.07) is 9.04. The van der Waals surface area contributed by atoms with Gasteiger partial charge < -0.3 is 9.84 Å². The van der Waals surface area contributed by atoms with Gasteiger partial charge in [-0.05, 0) is 12.1 Å². The summed E-state index contributed by atoms with van der Waals surface area (Å²) in [7, 11) is 0. The van der Waals surface area contributed by atoms with E-state index in [1.165, 1.54) is 18.2 Å². The number of carboxylic acid groups (broad SMARTS) is 1. The third kappa shape index (κ3) is 2.22. The van der Waals surface area contributed by atoms with Crippen molar-refractivity contribution >= 4 is 28.3 Å². The van der Waals surface area contributed by atoms with Gasteiger partial charge in [-0.2, -0.15) is 8.78 Å². The van der Waals surface area contributed by atoms with E-state index in [9.17, 15) is 13.6 Å². The molecule has 0 radical (unpaired) electrons. The summed E-state index contributed by atoms with van der Waals surface area (Å²) in [5, 5.41) is 9.54. The first kappa shape index (κ1) is 12.6. The molecule has 0 atom stereocenters. The molecule has 2 rings (SSSR count). The van der Waals surface area contributed by atoms with Crippen molar-refractivity contribution in [3.05, 3.63) is 41.4 Å². The number of carboxylic acids is 1. The normalized spacial score (nSPS) is 11.5. The van der Waals surface area contributed by atoms with Gasteiger partial charge in [-0.1, -0.05) is 35.9 Å².